The molecule has 0 fully saturated rings. The molecule has 0 atom stereocenters. The Labute approximate surface area is 97.2 Å². The van der Waals surface area contributed by atoms with Crippen LogP contribution in [0.1, 0.15) is 6.42 Å². The Morgan fingerprint density at radius 2 is 1.94 bits per heavy atom. The average Bonchev–Trinajstić information content (AvgIpc) is 2.27. The van der Waals surface area contributed by atoms with Gasteiger partial charge in [-0.05, 0) is 12.1 Å². The zero-order valence-corrected chi connectivity index (χ0v) is 9.13. The van der Waals surface area contributed by atoms with Crippen molar-refractivity contribution in [3.8, 4) is 5.75 Å². The lowest BCUT2D eigenvalue weighted by atomic mass is 10.3. The summed E-state index contributed by atoms with van der Waals surface area (Å²) < 4.78 is 41.4. The van der Waals surface area contributed by atoms with E-state index in [1.807, 2.05) is 0 Å². The van der Waals surface area contributed by atoms with Gasteiger partial charge in [-0.3, -0.25) is 0 Å². The van der Waals surface area contributed by atoms with Gasteiger partial charge >= 0.3 is 6.18 Å². The molecule has 0 aliphatic heterocycles. The molecule has 0 heterocycles. The Hall–Kier alpha value is -1.43. The van der Waals surface area contributed by atoms with Gasteiger partial charge in [0.2, 0.25) is 0 Å². The number of halogens is 3. The summed E-state index contributed by atoms with van der Waals surface area (Å²) in [6.07, 6.45) is -3.83. The molecule has 0 radical (unpaired) electrons. The van der Waals surface area contributed by atoms with E-state index in [2.05, 4.69) is 5.32 Å². The van der Waals surface area contributed by atoms with Crippen molar-refractivity contribution in [1.29, 1.82) is 0 Å². The van der Waals surface area contributed by atoms with Crippen LogP contribution in [-0.2, 0) is 0 Å². The number of ether oxygens (including phenoxy) is 1. The Bertz CT molecular complexity index is 342. The molecule has 0 aromatic heterocycles. The molecule has 0 saturated carbocycles. The molecule has 1 aromatic rings. The summed E-state index contributed by atoms with van der Waals surface area (Å²) in [5.41, 5.74) is 0.294. The lowest BCUT2D eigenvalue weighted by Crippen LogP contribution is -2.21. The predicted molar refractivity (Wildman–Crippen MR) is 58.2 cm³/mol. The summed E-state index contributed by atoms with van der Waals surface area (Å²) in [5, 5.41) is 10.8. The molecule has 2 N–H and O–H groups in total. The van der Waals surface area contributed by atoms with Crippen LogP contribution in [0, 0.1) is 0 Å². The first kappa shape index (κ1) is 13.6. The number of benzene rings is 1. The quantitative estimate of drug-likeness (QED) is 0.761. The van der Waals surface area contributed by atoms with Crippen LogP contribution < -0.4 is 10.1 Å². The predicted octanol–water partition coefficient (Wildman–Crippen LogP) is 2.42. The van der Waals surface area contributed by atoms with Gasteiger partial charge in [0, 0.05) is 13.0 Å². The molecule has 0 saturated heterocycles. The van der Waals surface area contributed by atoms with Crippen molar-refractivity contribution < 1.29 is 23.0 Å². The first-order valence-corrected chi connectivity index (χ1v) is 5.16. The fraction of sp³-hybridized carbons (Fsp3) is 0.455. The maximum absolute atomic E-state index is 12.0. The molecule has 0 unspecified atom stereocenters. The van der Waals surface area contributed by atoms with Crippen molar-refractivity contribution in [2.24, 2.45) is 0 Å². The number of alkyl halides is 3. The summed E-state index contributed by atoms with van der Waals surface area (Å²) >= 11 is 0. The van der Waals surface area contributed by atoms with E-state index in [-0.39, 0.29) is 13.2 Å². The highest BCUT2D eigenvalue weighted by molar-refractivity contribution is 5.56. The number of aliphatic hydroxyl groups is 1. The van der Waals surface area contributed by atoms with Crippen LogP contribution in [0.4, 0.5) is 18.9 Å². The SMILES string of the molecule is OCCCOc1ccccc1NCC(F)(F)F. The van der Waals surface area contributed by atoms with Gasteiger partial charge in [0.1, 0.15) is 12.3 Å². The van der Waals surface area contributed by atoms with E-state index in [0.29, 0.717) is 17.9 Å². The zero-order chi connectivity index (χ0) is 12.7. The largest absolute Gasteiger partial charge is 0.491 e. The Kier molecular flexibility index (Phi) is 5.09. The van der Waals surface area contributed by atoms with Crippen molar-refractivity contribution in [2.45, 2.75) is 12.6 Å². The van der Waals surface area contributed by atoms with Crippen LogP contribution in [0.25, 0.3) is 0 Å². The molecular formula is C11H14F3NO2. The van der Waals surface area contributed by atoms with E-state index in [9.17, 15) is 13.2 Å². The van der Waals surface area contributed by atoms with Crippen molar-refractivity contribution in [2.75, 3.05) is 25.1 Å². The number of para-hydroxylation sites is 2. The molecule has 17 heavy (non-hydrogen) atoms. The third-order valence-corrected chi connectivity index (χ3v) is 1.93. The first-order valence-electron chi connectivity index (χ1n) is 5.16. The minimum atomic E-state index is -4.27. The minimum absolute atomic E-state index is 0.0157. The van der Waals surface area contributed by atoms with E-state index in [1.165, 1.54) is 6.07 Å². The molecule has 96 valence electrons. The van der Waals surface area contributed by atoms with Crippen LogP contribution in [0.2, 0.25) is 0 Å². The second-order valence-electron chi connectivity index (χ2n) is 3.39. The van der Waals surface area contributed by atoms with Crippen molar-refractivity contribution >= 4 is 5.69 Å². The van der Waals surface area contributed by atoms with E-state index >= 15 is 0 Å². The van der Waals surface area contributed by atoms with Crippen molar-refractivity contribution in [3.05, 3.63) is 24.3 Å². The van der Waals surface area contributed by atoms with E-state index in [1.54, 1.807) is 18.2 Å². The number of aliphatic hydroxyl groups excluding tert-OH is 1. The second-order valence-corrected chi connectivity index (χ2v) is 3.39. The Morgan fingerprint density at radius 1 is 1.24 bits per heavy atom. The van der Waals surface area contributed by atoms with Gasteiger partial charge in [0.15, 0.2) is 0 Å². The first-order chi connectivity index (χ1) is 8.03. The van der Waals surface area contributed by atoms with Gasteiger partial charge in [-0.25, -0.2) is 0 Å². The molecule has 0 amide bonds. The summed E-state index contributed by atoms with van der Waals surface area (Å²) in [5.74, 6) is 0.352. The van der Waals surface area contributed by atoms with Gasteiger partial charge in [-0.2, -0.15) is 13.2 Å². The second kappa shape index (κ2) is 6.34. The Balaban J connectivity index is 2.58. The van der Waals surface area contributed by atoms with Crippen LogP contribution in [0.15, 0.2) is 24.3 Å². The monoisotopic (exact) mass is 249 g/mol. The third-order valence-electron chi connectivity index (χ3n) is 1.93. The molecule has 0 spiro atoms. The highest BCUT2D eigenvalue weighted by atomic mass is 19.4. The lowest BCUT2D eigenvalue weighted by molar-refractivity contribution is -0.115. The van der Waals surface area contributed by atoms with Crippen LogP contribution in [0.5, 0.6) is 5.75 Å². The average molecular weight is 249 g/mol. The fourth-order valence-corrected chi connectivity index (χ4v) is 1.18. The van der Waals surface area contributed by atoms with Gasteiger partial charge in [0.25, 0.3) is 0 Å². The number of anilines is 1. The van der Waals surface area contributed by atoms with Gasteiger partial charge in [0.05, 0.1) is 12.3 Å². The minimum Gasteiger partial charge on any atom is -0.491 e. The molecule has 0 aliphatic carbocycles. The molecule has 6 heteroatoms. The van der Waals surface area contributed by atoms with Crippen LogP contribution in [-0.4, -0.2) is 31.0 Å². The maximum atomic E-state index is 12.0. The topological polar surface area (TPSA) is 41.5 Å². The smallest absolute Gasteiger partial charge is 0.405 e. The fourth-order valence-electron chi connectivity index (χ4n) is 1.18. The van der Waals surface area contributed by atoms with E-state index in [0.717, 1.165) is 0 Å². The molecular weight excluding hydrogens is 235 g/mol. The van der Waals surface area contributed by atoms with E-state index in [4.69, 9.17) is 9.84 Å². The molecule has 1 aromatic carbocycles. The molecule has 0 bridgehead atoms. The normalized spacial score (nSPS) is 11.3. The summed E-state index contributed by atoms with van der Waals surface area (Å²) in [4.78, 5) is 0. The third kappa shape index (κ3) is 5.44. The number of rotatable bonds is 6. The van der Waals surface area contributed by atoms with Gasteiger partial charge < -0.3 is 15.2 Å². The zero-order valence-electron chi connectivity index (χ0n) is 9.13. The van der Waals surface area contributed by atoms with Crippen LogP contribution >= 0.6 is 0 Å². The van der Waals surface area contributed by atoms with Crippen LogP contribution in [0.3, 0.4) is 0 Å². The maximum Gasteiger partial charge on any atom is 0.405 e. The summed E-state index contributed by atoms with van der Waals surface area (Å²) in [6, 6.07) is 6.39. The lowest BCUT2D eigenvalue weighted by Gasteiger charge is -2.14. The molecule has 0 aliphatic rings. The number of hydrogen-bond acceptors (Lipinski definition) is 3. The molecule has 3 nitrogen and oxygen atoms in total. The summed E-state index contributed by atoms with van der Waals surface area (Å²) in [6.45, 7) is -0.854. The summed E-state index contributed by atoms with van der Waals surface area (Å²) in [7, 11) is 0. The highest BCUT2D eigenvalue weighted by Crippen LogP contribution is 2.25. The number of hydrogen-bond donors (Lipinski definition) is 2. The highest BCUT2D eigenvalue weighted by Gasteiger charge is 2.26. The standard InChI is InChI=1S/C11H14F3NO2/c12-11(13,14)8-15-9-4-1-2-5-10(9)17-7-3-6-16/h1-2,4-5,15-16H,3,6-8H2. The van der Waals surface area contributed by atoms with Crippen molar-refractivity contribution in [3.63, 3.8) is 0 Å². The van der Waals surface area contributed by atoms with Gasteiger partial charge in [-0.15, -0.1) is 0 Å². The van der Waals surface area contributed by atoms with E-state index < -0.39 is 12.7 Å². The van der Waals surface area contributed by atoms with Crippen molar-refractivity contribution in [1.82, 2.24) is 0 Å². The van der Waals surface area contributed by atoms with Gasteiger partial charge in [-0.1, -0.05) is 12.1 Å². The Morgan fingerprint density at radius 3 is 2.59 bits per heavy atom. The molecule has 1 rings (SSSR count). The number of nitrogens with one attached hydrogen (secondary N) is 1.